The predicted molar refractivity (Wildman–Crippen MR) is 72.3 cm³/mol. The Kier molecular flexibility index (Phi) is 4.52. The summed E-state index contributed by atoms with van der Waals surface area (Å²) in [7, 11) is 0. The second-order valence-electron chi connectivity index (χ2n) is 3.83. The van der Waals surface area contributed by atoms with Gasteiger partial charge in [0.1, 0.15) is 16.6 Å². The van der Waals surface area contributed by atoms with Crippen LogP contribution in [0, 0.1) is 5.82 Å². The maximum atomic E-state index is 12.8. The van der Waals surface area contributed by atoms with E-state index in [1.165, 1.54) is 30.5 Å². The number of hydrogen-bond acceptors (Lipinski definition) is 4. The molecule has 0 fully saturated rings. The monoisotopic (exact) mass is 281 g/mol. The molecule has 19 heavy (non-hydrogen) atoms. The highest BCUT2D eigenvalue weighted by molar-refractivity contribution is 6.31. The van der Waals surface area contributed by atoms with E-state index in [1.54, 1.807) is 0 Å². The Bertz CT molecular complexity index is 548. The van der Waals surface area contributed by atoms with Crippen molar-refractivity contribution in [1.82, 2.24) is 9.97 Å². The van der Waals surface area contributed by atoms with E-state index in [-0.39, 0.29) is 11.7 Å². The van der Waals surface area contributed by atoms with E-state index in [2.05, 4.69) is 15.3 Å². The van der Waals surface area contributed by atoms with Gasteiger partial charge in [-0.15, -0.1) is 0 Å². The molecule has 0 aliphatic rings. The Morgan fingerprint density at radius 3 is 2.74 bits per heavy atom. The Morgan fingerprint density at radius 2 is 2.05 bits per heavy atom. The van der Waals surface area contributed by atoms with Crippen LogP contribution >= 0.6 is 11.6 Å². The van der Waals surface area contributed by atoms with E-state index in [9.17, 15) is 4.39 Å². The number of nitrogens with one attached hydrogen (secondary N) is 1. The van der Waals surface area contributed by atoms with Crippen molar-refractivity contribution in [3.63, 3.8) is 0 Å². The zero-order valence-electron chi connectivity index (χ0n) is 10.4. The van der Waals surface area contributed by atoms with Crippen LogP contribution in [-0.4, -0.2) is 16.5 Å². The van der Waals surface area contributed by atoms with Crippen LogP contribution in [0.25, 0.3) is 0 Å². The molecule has 0 saturated heterocycles. The maximum absolute atomic E-state index is 12.8. The molecular formula is C13H13ClFN3O. The number of rotatable bonds is 5. The molecule has 0 aliphatic heterocycles. The average Bonchev–Trinajstić information content (AvgIpc) is 2.42. The summed E-state index contributed by atoms with van der Waals surface area (Å²) in [6, 6.07) is 5.63. The van der Waals surface area contributed by atoms with Crippen molar-refractivity contribution in [1.29, 1.82) is 0 Å². The first-order valence-corrected chi connectivity index (χ1v) is 6.26. The van der Waals surface area contributed by atoms with Crippen molar-refractivity contribution in [3.05, 3.63) is 41.3 Å². The lowest BCUT2D eigenvalue weighted by Gasteiger charge is -2.08. The highest BCUT2D eigenvalue weighted by Crippen LogP contribution is 2.27. The van der Waals surface area contributed by atoms with Gasteiger partial charge in [-0.3, -0.25) is 0 Å². The Morgan fingerprint density at radius 1 is 1.32 bits per heavy atom. The van der Waals surface area contributed by atoms with Gasteiger partial charge in [-0.2, -0.15) is 4.98 Å². The molecule has 1 N–H and O–H groups in total. The molecular weight excluding hydrogens is 269 g/mol. The van der Waals surface area contributed by atoms with Crippen LogP contribution in [0.3, 0.4) is 0 Å². The van der Waals surface area contributed by atoms with E-state index in [4.69, 9.17) is 16.3 Å². The molecule has 0 amide bonds. The second kappa shape index (κ2) is 6.33. The summed E-state index contributed by atoms with van der Waals surface area (Å²) in [5, 5.41) is 3.33. The lowest BCUT2D eigenvalue weighted by atomic mass is 10.3. The van der Waals surface area contributed by atoms with E-state index in [0.717, 1.165) is 13.0 Å². The third-order valence-corrected chi connectivity index (χ3v) is 2.53. The van der Waals surface area contributed by atoms with Crippen LogP contribution < -0.4 is 10.1 Å². The minimum absolute atomic E-state index is 0.238. The van der Waals surface area contributed by atoms with Crippen LogP contribution in [0.4, 0.5) is 10.3 Å². The van der Waals surface area contributed by atoms with Crippen molar-refractivity contribution in [2.24, 2.45) is 0 Å². The van der Waals surface area contributed by atoms with Crippen molar-refractivity contribution in [3.8, 4) is 11.6 Å². The SMILES string of the molecule is CCCNc1ncc(Cl)c(Oc2ccc(F)cc2)n1. The third-order valence-electron chi connectivity index (χ3n) is 2.27. The first-order chi connectivity index (χ1) is 9.19. The van der Waals surface area contributed by atoms with Crippen molar-refractivity contribution in [2.45, 2.75) is 13.3 Å². The van der Waals surface area contributed by atoms with Gasteiger partial charge in [0.2, 0.25) is 11.8 Å². The van der Waals surface area contributed by atoms with Crippen molar-refractivity contribution >= 4 is 17.5 Å². The van der Waals surface area contributed by atoms with Gasteiger partial charge in [0.25, 0.3) is 0 Å². The van der Waals surface area contributed by atoms with E-state index in [0.29, 0.717) is 16.7 Å². The summed E-state index contributed by atoms with van der Waals surface area (Å²) in [4.78, 5) is 8.20. The van der Waals surface area contributed by atoms with Gasteiger partial charge in [-0.05, 0) is 30.7 Å². The van der Waals surface area contributed by atoms with E-state index < -0.39 is 0 Å². The van der Waals surface area contributed by atoms with Gasteiger partial charge in [0, 0.05) is 6.54 Å². The van der Waals surface area contributed by atoms with Crippen LogP contribution in [-0.2, 0) is 0 Å². The van der Waals surface area contributed by atoms with Crippen molar-refractivity contribution in [2.75, 3.05) is 11.9 Å². The molecule has 1 aromatic carbocycles. The smallest absolute Gasteiger partial charge is 0.243 e. The molecule has 4 nitrogen and oxygen atoms in total. The van der Waals surface area contributed by atoms with Gasteiger partial charge in [0.15, 0.2) is 0 Å². The van der Waals surface area contributed by atoms with Crippen LogP contribution in [0.15, 0.2) is 30.5 Å². The molecule has 0 unspecified atom stereocenters. The van der Waals surface area contributed by atoms with E-state index >= 15 is 0 Å². The largest absolute Gasteiger partial charge is 0.437 e. The first-order valence-electron chi connectivity index (χ1n) is 5.89. The molecule has 0 bridgehead atoms. The van der Waals surface area contributed by atoms with E-state index in [1.807, 2.05) is 6.92 Å². The fourth-order valence-electron chi connectivity index (χ4n) is 1.36. The highest BCUT2D eigenvalue weighted by Gasteiger charge is 2.08. The van der Waals surface area contributed by atoms with Gasteiger partial charge in [-0.1, -0.05) is 18.5 Å². The van der Waals surface area contributed by atoms with Crippen molar-refractivity contribution < 1.29 is 9.13 Å². The molecule has 0 atom stereocenters. The molecule has 6 heteroatoms. The number of ether oxygens (including phenoxy) is 1. The van der Waals surface area contributed by atoms with Crippen LogP contribution in [0.5, 0.6) is 11.6 Å². The average molecular weight is 282 g/mol. The second-order valence-corrected chi connectivity index (χ2v) is 4.24. The summed E-state index contributed by atoms with van der Waals surface area (Å²) >= 11 is 5.96. The molecule has 2 aromatic rings. The minimum atomic E-state index is -0.327. The van der Waals surface area contributed by atoms with Crippen LogP contribution in [0.2, 0.25) is 5.02 Å². The summed E-state index contributed by atoms with van der Waals surface area (Å²) in [5.41, 5.74) is 0. The predicted octanol–water partition coefficient (Wildman–Crippen LogP) is 3.88. The number of hydrogen-bond donors (Lipinski definition) is 1. The summed E-state index contributed by atoms with van der Waals surface area (Å²) in [6.45, 7) is 2.80. The number of anilines is 1. The summed E-state index contributed by atoms with van der Waals surface area (Å²) < 4.78 is 18.3. The lowest BCUT2D eigenvalue weighted by Crippen LogP contribution is -2.04. The zero-order chi connectivity index (χ0) is 13.7. The highest BCUT2D eigenvalue weighted by atomic mass is 35.5. The first kappa shape index (κ1) is 13.5. The normalized spacial score (nSPS) is 10.3. The lowest BCUT2D eigenvalue weighted by molar-refractivity contribution is 0.461. The fraction of sp³-hybridized carbons (Fsp3) is 0.231. The Balaban J connectivity index is 2.16. The van der Waals surface area contributed by atoms with Crippen LogP contribution in [0.1, 0.15) is 13.3 Å². The van der Waals surface area contributed by atoms with Gasteiger partial charge >= 0.3 is 0 Å². The Hall–Kier alpha value is -1.88. The minimum Gasteiger partial charge on any atom is -0.437 e. The third kappa shape index (κ3) is 3.79. The summed E-state index contributed by atoms with van der Waals surface area (Å²) in [5.74, 6) is 0.820. The molecule has 0 spiro atoms. The number of halogens is 2. The molecule has 1 aromatic heterocycles. The molecule has 100 valence electrons. The standard InChI is InChI=1S/C13H13ClFN3O/c1-2-7-16-13-17-8-11(14)12(18-13)19-10-5-3-9(15)4-6-10/h3-6,8H,2,7H2,1H3,(H,16,17,18). The number of benzene rings is 1. The molecule has 0 radical (unpaired) electrons. The topological polar surface area (TPSA) is 47.0 Å². The fourth-order valence-corrected chi connectivity index (χ4v) is 1.49. The molecule has 0 aliphatic carbocycles. The maximum Gasteiger partial charge on any atom is 0.243 e. The molecule has 0 saturated carbocycles. The van der Waals surface area contributed by atoms with Gasteiger partial charge in [-0.25, -0.2) is 9.37 Å². The van der Waals surface area contributed by atoms with Gasteiger partial charge in [0.05, 0.1) is 6.20 Å². The summed E-state index contributed by atoms with van der Waals surface area (Å²) in [6.07, 6.45) is 2.42. The molecule has 1 heterocycles. The molecule has 2 rings (SSSR count). The number of nitrogens with zero attached hydrogens (tertiary/aromatic N) is 2. The zero-order valence-corrected chi connectivity index (χ0v) is 11.1. The van der Waals surface area contributed by atoms with Gasteiger partial charge < -0.3 is 10.1 Å². The Labute approximate surface area is 115 Å². The quantitative estimate of drug-likeness (QED) is 0.903. The number of aromatic nitrogens is 2.